The van der Waals surface area contributed by atoms with E-state index in [9.17, 15) is 0 Å². The zero-order valence-corrected chi connectivity index (χ0v) is 11.8. The topological polar surface area (TPSA) is 56.7 Å². The minimum Gasteiger partial charge on any atom is -0.384 e. The molecule has 3 aromatic rings. The lowest BCUT2D eigenvalue weighted by molar-refractivity contribution is 0.647. The number of rotatable bonds is 5. The van der Waals surface area contributed by atoms with Crippen LogP contribution in [0.1, 0.15) is 12.0 Å². The van der Waals surface area contributed by atoms with E-state index in [2.05, 4.69) is 38.8 Å². The number of nitrogen functional groups attached to an aromatic ring is 1. The number of anilines is 1. The Balaban J connectivity index is 1.69. The minimum atomic E-state index is 0.532. The SMILES string of the molecule is Nc1cc(-c2cncn2CCCc2ccccc2)ccn1. The van der Waals surface area contributed by atoms with E-state index in [0.717, 1.165) is 30.6 Å². The van der Waals surface area contributed by atoms with Crippen molar-refractivity contribution in [3.8, 4) is 11.3 Å². The van der Waals surface area contributed by atoms with E-state index < -0.39 is 0 Å². The Morgan fingerprint density at radius 2 is 1.95 bits per heavy atom. The summed E-state index contributed by atoms with van der Waals surface area (Å²) in [5, 5.41) is 0. The van der Waals surface area contributed by atoms with Gasteiger partial charge in [0, 0.05) is 18.3 Å². The number of hydrogen-bond acceptors (Lipinski definition) is 3. The summed E-state index contributed by atoms with van der Waals surface area (Å²) in [5.41, 5.74) is 9.25. The molecule has 0 spiro atoms. The first-order valence-corrected chi connectivity index (χ1v) is 7.09. The number of imidazole rings is 1. The van der Waals surface area contributed by atoms with Gasteiger partial charge in [-0.1, -0.05) is 30.3 Å². The minimum absolute atomic E-state index is 0.532. The molecule has 21 heavy (non-hydrogen) atoms. The van der Waals surface area contributed by atoms with Gasteiger partial charge in [-0.05, 0) is 30.5 Å². The second kappa shape index (κ2) is 6.22. The molecule has 0 amide bonds. The highest BCUT2D eigenvalue weighted by Crippen LogP contribution is 2.20. The molecule has 0 saturated heterocycles. The fourth-order valence-electron chi connectivity index (χ4n) is 2.45. The van der Waals surface area contributed by atoms with Crippen LogP contribution in [0.15, 0.2) is 61.2 Å². The number of nitrogens with two attached hydrogens (primary N) is 1. The van der Waals surface area contributed by atoms with E-state index in [1.165, 1.54) is 5.56 Å². The first-order chi connectivity index (χ1) is 10.3. The maximum atomic E-state index is 5.75. The molecule has 2 heterocycles. The van der Waals surface area contributed by atoms with Gasteiger partial charge in [-0.15, -0.1) is 0 Å². The van der Waals surface area contributed by atoms with Gasteiger partial charge in [-0.2, -0.15) is 0 Å². The fraction of sp³-hybridized carbons (Fsp3) is 0.176. The van der Waals surface area contributed by atoms with Crippen molar-refractivity contribution >= 4 is 5.82 Å². The summed E-state index contributed by atoms with van der Waals surface area (Å²) in [6, 6.07) is 14.4. The zero-order valence-electron chi connectivity index (χ0n) is 11.8. The van der Waals surface area contributed by atoms with Crippen molar-refractivity contribution in [2.75, 3.05) is 5.73 Å². The molecule has 0 atom stereocenters. The van der Waals surface area contributed by atoms with Gasteiger partial charge < -0.3 is 10.3 Å². The molecule has 2 aromatic heterocycles. The summed E-state index contributed by atoms with van der Waals surface area (Å²) in [5.74, 6) is 0.532. The number of nitrogens with zero attached hydrogens (tertiary/aromatic N) is 3. The van der Waals surface area contributed by atoms with Crippen LogP contribution in [-0.2, 0) is 13.0 Å². The Hall–Kier alpha value is -2.62. The lowest BCUT2D eigenvalue weighted by Gasteiger charge is -2.08. The second-order valence-electron chi connectivity index (χ2n) is 5.03. The summed E-state index contributed by atoms with van der Waals surface area (Å²) in [7, 11) is 0. The van der Waals surface area contributed by atoms with Gasteiger partial charge in [0.25, 0.3) is 0 Å². The lowest BCUT2D eigenvalue weighted by Crippen LogP contribution is -2.01. The fourth-order valence-corrected chi connectivity index (χ4v) is 2.45. The van der Waals surface area contributed by atoms with E-state index in [4.69, 9.17) is 5.73 Å². The third kappa shape index (κ3) is 3.28. The molecule has 0 aliphatic rings. The first kappa shape index (κ1) is 13.4. The summed E-state index contributed by atoms with van der Waals surface area (Å²) < 4.78 is 2.16. The Labute approximate surface area is 124 Å². The molecule has 0 fully saturated rings. The van der Waals surface area contributed by atoms with Gasteiger partial charge >= 0.3 is 0 Å². The molecule has 3 rings (SSSR count). The number of pyridine rings is 1. The normalized spacial score (nSPS) is 10.7. The van der Waals surface area contributed by atoms with E-state index in [-0.39, 0.29) is 0 Å². The highest BCUT2D eigenvalue weighted by Gasteiger charge is 2.05. The number of hydrogen-bond donors (Lipinski definition) is 1. The third-order valence-corrected chi connectivity index (χ3v) is 3.50. The molecule has 0 bridgehead atoms. The smallest absolute Gasteiger partial charge is 0.123 e. The van der Waals surface area contributed by atoms with Crippen LogP contribution < -0.4 is 5.73 Å². The van der Waals surface area contributed by atoms with Crippen LogP contribution in [0.5, 0.6) is 0 Å². The molecule has 4 nitrogen and oxygen atoms in total. The van der Waals surface area contributed by atoms with Crippen molar-refractivity contribution in [1.29, 1.82) is 0 Å². The molecular formula is C17H18N4. The maximum absolute atomic E-state index is 5.75. The van der Waals surface area contributed by atoms with Crippen LogP contribution in [0.4, 0.5) is 5.82 Å². The van der Waals surface area contributed by atoms with Crippen LogP contribution in [0.25, 0.3) is 11.3 Å². The monoisotopic (exact) mass is 278 g/mol. The maximum Gasteiger partial charge on any atom is 0.123 e. The highest BCUT2D eigenvalue weighted by atomic mass is 15.0. The lowest BCUT2D eigenvalue weighted by atomic mass is 10.1. The first-order valence-electron chi connectivity index (χ1n) is 7.09. The van der Waals surface area contributed by atoms with Crippen molar-refractivity contribution in [1.82, 2.24) is 14.5 Å². The standard InChI is InChI=1S/C17H18N4/c18-17-11-15(8-9-20-17)16-12-19-13-21(16)10-4-7-14-5-2-1-3-6-14/h1-3,5-6,8-9,11-13H,4,7,10H2,(H2,18,20). The van der Waals surface area contributed by atoms with E-state index in [1.807, 2.05) is 30.7 Å². The Morgan fingerprint density at radius 3 is 2.76 bits per heavy atom. The van der Waals surface area contributed by atoms with Crippen LogP contribution in [0.3, 0.4) is 0 Å². The van der Waals surface area contributed by atoms with Gasteiger partial charge in [0.05, 0.1) is 18.2 Å². The summed E-state index contributed by atoms with van der Waals surface area (Å²) >= 11 is 0. The number of aryl methyl sites for hydroxylation is 2. The zero-order chi connectivity index (χ0) is 14.5. The second-order valence-corrected chi connectivity index (χ2v) is 5.03. The van der Waals surface area contributed by atoms with Crippen molar-refractivity contribution in [2.24, 2.45) is 0 Å². The molecule has 0 saturated carbocycles. The molecule has 0 radical (unpaired) electrons. The van der Waals surface area contributed by atoms with Crippen molar-refractivity contribution in [3.63, 3.8) is 0 Å². The van der Waals surface area contributed by atoms with Crippen molar-refractivity contribution in [2.45, 2.75) is 19.4 Å². The van der Waals surface area contributed by atoms with Gasteiger partial charge in [-0.3, -0.25) is 0 Å². The Bertz CT molecular complexity index is 704. The third-order valence-electron chi connectivity index (χ3n) is 3.50. The quantitative estimate of drug-likeness (QED) is 0.780. The average molecular weight is 278 g/mol. The average Bonchev–Trinajstić information content (AvgIpc) is 2.97. The van der Waals surface area contributed by atoms with E-state index >= 15 is 0 Å². The predicted octanol–water partition coefficient (Wildman–Crippen LogP) is 3.16. The molecule has 2 N–H and O–H groups in total. The molecule has 0 aliphatic carbocycles. The number of aromatic nitrogens is 3. The van der Waals surface area contributed by atoms with Gasteiger partial charge in [0.15, 0.2) is 0 Å². The molecule has 0 aliphatic heterocycles. The van der Waals surface area contributed by atoms with Crippen LogP contribution >= 0.6 is 0 Å². The van der Waals surface area contributed by atoms with Gasteiger partial charge in [-0.25, -0.2) is 9.97 Å². The summed E-state index contributed by atoms with van der Waals surface area (Å²) in [6.45, 7) is 0.937. The Kier molecular flexibility index (Phi) is 3.96. The molecule has 1 aromatic carbocycles. The highest BCUT2D eigenvalue weighted by molar-refractivity contribution is 5.61. The number of benzene rings is 1. The molecule has 4 heteroatoms. The summed E-state index contributed by atoms with van der Waals surface area (Å²) in [4.78, 5) is 8.28. The van der Waals surface area contributed by atoms with Crippen molar-refractivity contribution in [3.05, 3.63) is 66.7 Å². The van der Waals surface area contributed by atoms with Crippen LogP contribution in [0, 0.1) is 0 Å². The predicted molar refractivity (Wildman–Crippen MR) is 84.6 cm³/mol. The molecular weight excluding hydrogens is 260 g/mol. The van der Waals surface area contributed by atoms with E-state index in [0.29, 0.717) is 5.82 Å². The van der Waals surface area contributed by atoms with Crippen LogP contribution in [0.2, 0.25) is 0 Å². The van der Waals surface area contributed by atoms with Crippen molar-refractivity contribution < 1.29 is 0 Å². The Morgan fingerprint density at radius 1 is 1.10 bits per heavy atom. The molecule has 106 valence electrons. The van der Waals surface area contributed by atoms with Gasteiger partial charge in [0.2, 0.25) is 0 Å². The van der Waals surface area contributed by atoms with Crippen LogP contribution in [-0.4, -0.2) is 14.5 Å². The molecule has 0 unspecified atom stereocenters. The van der Waals surface area contributed by atoms with E-state index in [1.54, 1.807) is 6.20 Å². The largest absolute Gasteiger partial charge is 0.384 e. The summed E-state index contributed by atoms with van der Waals surface area (Å²) in [6.07, 6.45) is 7.62. The van der Waals surface area contributed by atoms with Gasteiger partial charge in [0.1, 0.15) is 5.82 Å².